The zero-order valence-electron chi connectivity index (χ0n) is 10.8. The molecule has 2 aromatic heterocycles. The van der Waals surface area contributed by atoms with Crippen LogP contribution in [0.15, 0.2) is 42.0 Å². The Morgan fingerprint density at radius 3 is 2.95 bits per heavy atom. The molecule has 0 bridgehead atoms. The molecule has 0 spiro atoms. The Morgan fingerprint density at radius 1 is 1.26 bits per heavy atom. The fourth-order valence-corrected chi connectivity index (χ4v) is 2.58. The predicted molar refractivity (Wildman–Crippen MR) is 78.2 cm³/mol. The van der Waals surface area contributed by atoms with Crippen molar-refractivity contribution in [1.29, 1.82) is 0 Å². The van der Waals surface area contributed by atoms with Crippen LogP contribution < -0.4 is 5.32 Å². The van der Waals surface area contributed by atoms with Gasteiger partial charge in [-0.05, 0) is 42.3 Å². The van der Waals surface area contributed by atoms with Crippen LogP contribution >= 0.6 is 11.3 Å². The van der Waals surface area contributed by atoms with E-state index < -0.39 is 0 Å². The molecular weight excluding hydrogens is 256 g/mol. The Balaban J connectivity index is 1.57. The molecule has 1 N–H and O–H groups in total. The molecule has 0 radical (unpaired) electrons. The van der Waals surface area contributed by atoms with Gasteiger partial charge in [0.1, 0.15) is 0 Å². The van der Waals surface area contributed by atoms with Gasteiger partial charge in [-0.15, -0.1) is 11.3 Å². The van der Waals surface area contributed by atoms with Crippen molar-refractivity contribution >= 4 is 17.2 Å². The number of carbonyl (C=O) groups excluding carboxylic acids is 1. The molecule has 0 fully saturated rings. The number of pyridine rings is 1. The third-order valence-electron chi connectivity index (χ3n) is 2.87. The van der Waals surface area contributed by atoms with Crippen molar-refractivity contribution < 1.29 is 4.79 Å². The van der Waals surface area contributed by atoms with Crippen LogP contribution in [0.2, 0.25) is 0 Å². The molecule has 2 aromatic rings. The van der Waals surface area contributed by atoms with Crippen LogP contribution in [0.1, 0.15) is 23.3 Å². The van der Waals surface area contributed by atoms with Gasteiger partial charge in [0, 0.05) is 30.2 Å². The highest BCUT2D eigenvalue weighted by molar-refractivity contribution is 7.09. The second-order valence-corrected chi connectivity index (χ2v) is 5.43. The zero-order chi connectivity index (χ0) is 13.3. The van der Waals surface area contributed by atoms with Gasteiger partial charge >= 0.3 is 0 Å². The monoisotopic (exact) mass is 274 g/mol. The van der Waals surface area contributed by atoms with E-state index in [1.54, 1.807) is 17.5 Å². The third kappa shape index (κ3) is 5.22. The number of thiophene rings is 1. The molecule has 0 aromatic carbocycles. The van der Waals surface area contributed by atoms with Crippen molar-refractivity contribution in [2.24, 2.45) is 0 Å². The molecule has 0 aliphatic heterocycles. The van der Waals surface area contributed by atoms with E-state index in [1.165, 1.54) is 10.4 Å². The molecule has 4 heteroatoms. The minimum atomic E-state index is 0.139. The fourth-order valence-electron chi connectivity index (χ4n) is 1.87. The predicted octanol–water partition coefficient (Wildman–Crippen LogP) is 2.82. The van der Waals surface area contributed by atoms with Crippen LogP contribution in [0.25, 0.3) is 0 Å². The van der Waals surface area contributed by atoms with Crippen molar-refractivity contribution in [3.63, 3.8) is 0 Å². The van der Waals surface area contributed by atoms with E-state index in [9.17, 15) is 4.79 Å². The Morgan fingerprint density at radius 2 is 2.21 bits per heavy atom. The van der Waals surface area contributed by atoms with E-state index in [0.717, 1.165) is 25.8 Å². The number of amides is 1. The van der Waals surface area contributed by atoms with Gasteiger partial charge in [-0.1, -0.05) is 12.1 Å². The van der Waals surface area contributed by atoms with E-state index in [2.05, 4.69) is 21.7 Å². The van der Waals surface area contributed by atoms with Crippen LogP contribution in [0.3, 0.4) is 0 Å². The van der Waals surface area contributed by atoms with Crippen molar-refractivity contribution in [2.45, 2.75) is 25.7 Å². The first-order valence-corrected chi connectivity index (χ1v) is 7.40. The molecule has 2 rings (SSSR count). The van der Waals surface area contributed by atoms with Gasteiger partial charge in [0.2, 0.25) is 5.91 Å². The number of nitrogens with zero attached hydrogens (tertiary/aromatic N) is 1. The second-order valence-electron chi connectivity index (χ2n) is 4.39. The van der Waals surface area contributed by atoms with Crippen molar-refractivity contribution in [3.8, 4) is 0 Å². The number of rotatable bonds is 7. The molecular formula is C15H18N2OS. The van der Waals surface area contributed by atoms with Crippen molar-refractivity contribution in [1.82, 2.24) is 10.3 Å². The summed E-state index contributed by atoms with van der Waals surface area (Å²) in [7, 11) is 0. The van der Waals surface area contributed by atoms with Crippen LogP contribution in [-0.2, 0) is 17.6 Å². The summed E-state index contributed by atoms with van der Waals surface area (Å²) in [6, 6.07) is 8.10. The summed E-state index contributed by atoms with van der Waals surface area (Å²) < 4.78 is 0. The van der Waals surface area contributed by atoms with Gasteiger partial charge in [0.05, 0.1) is 0 Å². The largest absolute Gasteiger partial charge is 0.356 e. The van der Waals surface area contributed by atoms with Gasteiger partial charge < -0.3 is 5.32 Å². The Labute approximate surface area is 117 Å². The lowest BCUT2D eigenvalue weighted by Gasteiger charge is -2.04. The summed E-state index contributed by atoms with van der Waals surface area (Å²) in [5.74, 6) is 0.139. The molecule has 19 heavy (non-hydrogen) atoms. The summed E-state index contributed by atoms with van der Waals surface area (Å²) in [6.45, 7) is 0.728. The lowest BCUT2D eigenvalue weighted by molar-refractivity contribution is -0.121. The SMILES string of the molecule is O=C(CCCc1cccnc1)NCCc1cccs1. The summed E-state index contributed by atoms with van der Waals surface area (Å²) in [5.41, 5.74) is 1.19. The Kier molecular flexibility index (Phi) is 5.56. The molecule has 1 amide bonds. The Bertz CT molecular complexity index is 482. The van der Waals surface area contributed by atoms with Crippen LogP contribution in [0, 0.1) is 0 Å². The van der Waals surface area contributed by atoms with Gasteiger partial charge in [0.15, 0.2) is 0 Å². The lowest BCUT2D eigenvalue weighted by Crippen LogP contribution is -2.25. The number of hydrogen-bond donors (Lipinski definition) is 1. The summed E-state index contributed by atoms with van der Waals surface area (Å²) in [5, 5.41) is 5.02. The number of hydrogen-bond acceptors (Lipinski definition) is 3. The molecule has 0 saturated heterocycles. The molecule has 0 unspecified atom stereocenters. The smallest absolute Gasteiger partial charge is 0.220 e. The number of carbonyl (C=O) groups is 1. The van der Waals surface area contributed by atoms with E-state index in [1.807, 2.05) is 24.4 Å². The van der Waals surface area contributed by atoms with Gasteiger partial charge in [-0.25, -0.2) is 0 Å². The second kappa shape index (κ2) is 7.69. The van der Waals surface area contributed by atoms with Crippen LogP contribution in [0.5, 0.6) is 0 Å². The van der Waals surface area contributed by atoms with Crippen LogP contribution in [0.4, 0.5) is 0 Å². The molecule has 100 valence electrons. The third-order valence-corrected chi connectivity index (χ3v) is 3.80. The normalized spacial score (nSPS) is 10.3. The molecule has 0 aliphatic carbocycles. The summed E-state index contributed by atoms with van der Waals surface area (Å²) >= 11 is 1.73. The molecule has 2 heterocycles. The highest BCUT2D eigenvalue weighted by Crippen LogP contribution is 2.08. The van der Waals surface area contributed by atoms with Gasteiger partial charge in [-0.2, -0.15) is 0 Å². The standard InChI is InChI=1S/C15H18N2OS/c18-15(17-10-8-14-6-3-11-19-14)7-1-4-13-5-2-9-16-12-13/h2-3,5-6,9,11-12H,1,4,7-8,10H2,(H,17,18). The lowest BCUT2D eigenvalue weighted by atomic mass is 10.1. The maximum atomic E-state index is 11.6. The molecule has 0 atom stereocenters. The van der Waals surface area contributed by atoms with E-state index >= 15 is 0 Å². The maximum absolute atomic E-state index is 11.6. The molecule has 0 saturated carbocycles. The zero-order valence-corrected chi connectivity index (χ0v) is 11.7. The average molecular weight is 274 g/mol. The number of aryl methyl sites for hydroxylation is 1. The topological polar surface area (TPSA) is 42.0 Å². The highest BCUT2D eigenvalue weighted by atomic mass is 32.1. The van der Waals surface area contributed by atoms with E-state index in [0.29, 0.717) is 6.42 Å². The van der Waals surface area contributed by atoms with Gasteiger partial charge in [0.25, 0.3) is 0 Å². The quantitative estimate of drug-likeness (QED) is 0.843. The fraction of sp³-hybridized carbons (Fsp3) is 0.333. The summed E-state index contributed by atoms with van der Waals surface area (Å²) in [6.07, 6.45) is 6.91. The first kappa shape index (κ1) is 13.7. The van der Waals surface area contributed by atoms with Crippen molar-refractivity contribution in [3.05, 3.63) is 52.5 Å². The first-order chi connectivity index (χ1) is 9.34. The van der Waals surface area contributed by atoms with E-state index in [4.69, 9.17) is 0 Å². The number of nitrogens with one attached hydrogen (secondary N) is 1. The number of aromatic nitrogens is 1. The average Bonchev–Trinajstić information content (AvgIpc) is 2.93. The van der Waals surface area contributed by atoms with Crippen LogP contribution in [-0.4, -0.2) is 17.4 Å². The highest BCUT2D eigenvalue weighted by Gasteiger charge is 2.02. The molecule has 0 aliphatic rings. The maximum Gasteiger partial charge on any atom is 0.220 e. The minimum absolute atomic E-state index is 0.139. The first-order valence-electron chi connectivity index (χ1n) is 6.52. The van der Waals surface area contributed by atoms with Gasteiger partial charge in [-0.3, -0.25) is 9.78 Å². The van der Waals surface area contributed by atoms with Crippen molar-refractivity contribution in [2.75, 3.05) is 6.54 Å². The molecule has 3 nitrogen and oxygen atoms in total. The summed E-state index contributed by atoms with van der Waals surface area (Å²) in [4.78, 5) is 17.0. The minimum Gasteiger partial charge on any atom is -0.356 e. The van der Waals surface area contributed by atoms with E-state index in [-0.39, 0.29) is 5.91 Å². The Hall–Kier alpha value is -1.68.